The van der Waals surface area contributed by atoms with Gasteiger partial charge in [-0.15, -0.1) is 0 Å². The van der Waals surface area contributed by atoms with E-state index >= 15 is 0 Å². The van der Waals surface area contributed by atoms with E-state index in [1.54, 1.807) is 43.6 Å². The molecule has 1 aliphatic rings. The molecule has 45 heavy (non-hydrogen) atoms. The van der Waals surface area contributed by atoms with Gasteiger partial charge in [-0.1, -0.05) is 51.1 Å². The smallest absolute Gasteiger partial charge is 0.243 e. The number of carbonyl (C=O) groups excluding carboxylic acids is 1. The summed E-state index contributed by atoms with van der Waals surface area (Å²) >= 11 is 0. The highest BCUT2D eigenvalue weighted by Crippen LogP contribution is 2.29. The SMILES string of the molecule is CC(C)CN(C[C@@H](O)C(Cc1ccccc1)NC(=O)[C@H](C)CS(=O)(=O)CCc1ccncc1)S(=O)(=O)c1ccc2c(c1)CCO2. The Labute approximate surface area is 266 Å². The number of amides is 1. The van der Waals surface area contributed by atoms with E-state index in [-0.39, 0.29) is 41.8 Å². The van der Waals surface area contributed by atoms with Gasteiger partial charge in [-0.2, -0.15) is 4.31 Å². The Hall–Kier alpha value is -3.32. The van der Waals surface area contributed by atoms with Crippen LogP contribution in [-0.4, -0.2) is 80.5 Å². The minimum Gasteiger partial charge on any atom is -0.493 e. The Morgan fingerprint density at radius 1 is 0.978 bits per heavy atom. The van der Waals surface area contributed by atoms with Crippen molar-refractivity contribution in [3.63, 3.8) is 0 Å². The van der Waals surface area contributed by atoms with Crippen molar-refractivity contribution >= 4 is 25.8 Å². The number of benzene rings is 2. The normalized spacial score (nSPS) is 15.3. The molecule has 0 saturated heterocycles. The molecule has 0 radical (unpaired) electrons. The Morgan fingerprint density at radius 2 is 1.69 bits per heavy atom. The van der Waals surface area contributed by atoms with E-state index < -0.39 is 43.8 Å². The minimum atomic E-state index is -4.00. The lowest BCUT2D eigenvalue weighted by atomic mass is 10.00. The van der Waals surface area contributed by atoms with E-state index in [0.717, 1.165) is 16.7 Å². The summed E-state index contributed by atoms with van der Waals surface area (Å²) in [5, 5.41) is 14.4. The van der Waals surface area contributed by atoms with Crippen molar-refractivity contribution in [1.82, 2.24) is 14.6 Å². The quantitative estimate of drug-likeness (QED) is 0.239. The number of hydrogen-bond acceptors (Lipinski definition) is 8. The Morgan fingerprint density at radius 3 is 2.38 bits per heavy atom. The first-order chi connectivity index (χ1) is 21.3. The third-order valence-electron chi connectivity index (χ3n) is 7.75. The van der Waals surface area contributed by atoms with Gasteiger partial charge in [-0.25, -0.2) is 16.8 Å². The van der Waals surface area contributed by atoms with Gasteiger partial charge in [0.25, 0.3) is 0 Å². The standard InChI is InChI=1S/C33H43N3O7S2/c1-24(2)21-36(45(41,42)29-9-10-32-28(20-29)13-17-43-32)22-31(37)30(19-27-7-5-4-6-8-27)35-33(38)25(3)23-44(39,40)18-14-26-11-15-34-16-12-26/h4-12,15-16,20,24-25,30-31,37H,13-14,17-19,21-23H2,1-3H3,(H,35,38)/t25-,30?,31-/m1/s1. The highest BCUT2D eigenvalue weighted by atomic mass is 32.2. The lowest BCUT2D eigenvalue weighted by Gasteiger charge is -2.31. The molecule has 0 fully saturated rings. The van der Waals surface area contributed by atoms with Gasteiger partial charge in [0.05, 0.1) is 35.2 Å². The van der Waals surface area contributed by atoms with Gasteiger partial charge in [0.2, 0.25) is 15.9 Å². The summed E-state index contributed by atoms with van der Waals surface area (Å²) in [7, 11) is -7.56. The lowest BCUT2D eigenvalue weighted by molar-refractivity contribution is -0.125. The molecule has 4 rings (SSSR count). The maximum atomic E-state index is 13.9. The number of sulfonamides is 1. The second-order valence-electron chi connectivity index (χ2n) is 12.1. The molecule has 244 valence electrons. The van der Waals surface area contributed by atoms with Crippen LogP contribution in [0.5, 0.6) is 5.75 Å². The molecule has 2 heterocycles. The molecule has 2 N–H and O–H groups in total. The summed E-state index contributed by atoms with van der Waals surface area (Å²) < 4.78 is 60.2. The van der Waals surface area contributed by atoms with Crippen LogP contribution in [0.1, 0.15) is 37.5 Å². The summed E-state index contributed by atoms with van der Waals surface area (Å²) in [6.45, 7) is 5.73. The number of sulfone groups is 1. The van der Waals surface area contributed by atoms with Crippen molar-refractivity contribution in [2.75, 3.05) is 31.2 Å². The van der Waals surface area contributed by atoms with Crippen molar-refractivity contribution in [1.29, 1.82) is 0 Å². The summed E-state index contributed by atoms with van der Waals surface area (Å²) in [5.41, 5.74) is 2.49. The molecule has 3 atom stereocenters. The Kier molecular flexibility index (Phi) is 11.8. The predicted octanol–water partition coefficient (Wildman–Crippen LogP) is 3.05. The number of aliphatic hydroxyl groups excluding tert-OH is 1. The number of hydrogen-bond donors (Lipinski definition) is 2. The number of nitrogens with zero attached hydrogens (tertiary/aromatic N) is 2. The molecule has 2 aromatic carbocycles. The first-order valence-electron chi connectivity index (χ1n) is 15.2. The largest absolute Gasteiger partial charge is 0.493 e. The molecule has 0 spiro atoms. The minimum absolute atomic E-state index is 0.0377. The summed E-state index contributed by atoms with van der Waals surface area (Å²) in [6, 6.07) is 16.7. The molecule has 12 heteroatoms. The highest BCUT2D eigenvalue weighted by Gasteiger charge is 2.33. The van der Waals surface area contributed by atoms with Gasteiger partial charge in [-0.3, -0.25) is 9.78 Å². The second-order valence-corrected chi connectivity index (χ2v) is 16.2. The molecular weight excluding hydrogens is 615 g/mol. The van der Waals surface area contributed by atoms with Crippen LogP contribution >= 0.6 is 0 Å². The molecule has 1 aromatic heterocycles. The van der Waals surface area contributed by atoms with E-state index in [1.807, 2.05) is 44.2 Å². The second kappa shape index (κ2) is 15.3. The summed E-state index contributed by atoms with van der Waals surface area (Å²) in [4.78, 5) is 17.4. The number of carbonyl (C=O) groups is 1. The van der Waals surface area contributed by atoms with Crippen LogP contribution in [-0.2, 0) is 43.9 Å². The zero-order chi connectivity index (χ0) is 32.6. The number of rotatable bonds is 16. The molecule has 10 nitrogen and oxygen atoms in total. The third kappa shape index (κ3) is 9.83. The van der Waals surface area contributed by atoms with Crippen LogP contribution in [0.2, 0.25) is 0 Å². The Balaban J connectivity index is 1.50. The molecule has 0 aliphatic carbocycles. The van der Waals surface area contributed by atoms with Gasteiger partial charge in [0.1, 0.15) is 5.75 Å². The number of aliphatic hydroxyl groups is 1. The Bertz CT molecular complexity index is 1630. The fourth-order valence-corrected chi connectivity index (χ4v) is 8.62. The molecule has 1 aliphatic heterocycles. The highest BCUT2D eigenvalue weighted by molar-refractivity contribution is 7.91. The van der Waals surface area contributed by atoms with E-state index in [2.05, 4.69) is 10.3 Å². The van der Waals surface area contributed by atoms with Crippen LogP contribution in [0.4, 0.5) is 0 Å². The maximum Gasteiger partial charge on any atom is 0.243 e. The average Bonchev–Trinajstić information content (AvgIpc) is 3.48. The zero-order valence-electron chi connectivity index (χ0n) is 26.0. The number of aromatic nitrogens is 1. The van der Waals surface area contributed by atoms with E-state index in [4.69, 9.17) is 4.74 Å². The number of fused-ring (bicyclic) bond motifs is 1. The van der Waals surface area contributed by atoms with Crippen molar-refractivity contribution in [2.45, 2.75) is 57.1 Å². The predicted molar refractivity (Wildman–Crippen MR) is 173 cm³/mol. The lowest BCUT2D eigenvalue weighted by Crippen LogP contribution is -2.52. The monoisotopic (exact) mass is 657 g/mol. The van der Waals surface area contributed by atoms with Crippen molar-refractivity contribution in [3.05, 3.63) is 89.7 Å². The van der Waals surface area contributed by atoms with Crippen molar-refractivity contribution in [3.8, 4) is 5.75 Å². The molecule has 3 aromatic rings. The summed E-state index contributed by atoms with van der Waals surface area (Å²) in [6.07, 6.45) is 3.08. The van der Waals surface area contributed by atoms with Crippen LogP contribution in [0.3, 0.4) is 0 Å². The zero-order valence-corrected chi connectivity index (χ0v) is 27.6. The van der Waals surface area contributed by atoms with Crippen LogP contribution < -0.4 is 10.1 Å². The van der Waals surface area contributed by atoms with Gasteiger partial charge < -0.3 is 15.2 Å². The number of nitrogens with one attached hydrogen (secondary N) is 1. The topological polar surface area (TPSA) is 143 Å². The van der Waals surface area contributed by atoms with E-state index in [0.29, 0.717) is 25.2 Å². The first-order valence-corrected chi connectivity index (χ1v) is 18.5. The fourth-order valence-electron chi connectivity index (χ4n) is 5.33. The first kappa shape index (κ1) is 34.6. The third-order valence-corrected chi connectivity index (χ3v) is 11.4. The fraction of sp³-hybridized carbons (Fsp3) is 0.455. The van der Waals surface area contributed by atoms with Gasteiger partial charge >= 0.3 is 0 Å². The van der Waals surface area contributed by atoms with Crippen LogP contribution in [0, 0.1) is 11.8 Å². The number of aryl methyl sites for hydroxylation is 1. The van der Waals surface area contributed by atoms with E-state index in [9.17, 15) is 26.7 Å². The number of ether oxygens (including phenoxy) is 1. The van der Waals surface area contributed by atoms with Crippen molar-refractivity contribution in [2.24, 2.45) is 11.8 Å². The van der Waals surface area contributed by atoms with Crippen LogP contribution in [0.25, 0.3) is 0 Å². The van der Waals surface area contributed by atoms with Crippen LogP contribution in [0.15, 0.2) is 78.0 Å². The van der Waals surface area contributed by atoms with Gasteiger partial charge in [0, 0.05) is 37.8 Å². The van der Waals surface area contributed by atoms with E-state index in [1.165, 1.54) is 10.4 Å². The van der Waals surface area contributed by atoms with Crippen molar-refractivity contribution < 1.29 is 31.5 Å². The molecule has 0 saturated carbocycles. The number of pyridine rings is 1. The molecule has 0 bridgehead atoms. The van der Waals surface area contributed by atoms with Gasteiger partial charge in [0.15, 0.2) is 9.84 Å². The van der Waals surface area contributed by atoms with Gasteiger partial charge in [-0.05, 0) is 65.8 Å². The average molecular weight is 658 g/mol. The maximum absolute atomic E-state index is 13.9. The summed E-state index contributed by atoms with van der Waals surface area (Å²) in [5.74, 6) is -1.25. The molecule has 1 amide bonds. The molecular formula is C33H43N3O7S2. The molecule has 1 unspecified atom stereocenters.